The quantitative estimate of drug-likeness (QED) is 0.799. The molecule has 0 radical (unpaired) electrons. The van der Waals surface area contributed by atoms with E-state index in [9.17, 15) is 0 Å². The smallest absolute Gasteiger partial charge is 0.121 e. The molecule has 0 amide bonds. The summed E-state index contributed by atoms with van der Waals surface area (Å²) >= 11 is 6.91. The van der Waals surface area contributed by atoms with Crippen molar-refractivity contribution < 1.29 is 4.74 Å². The molecule has 0 spiro atoms. The lowest BCUT2D eigenvalue weighted by atomic mass is 10.2. The second kappa shape index (κ2) is 3.87. The van der Waals surface area contributed by atoms with Gasteiger partial charge in [0, 0.05) is 22.1 Å². The van der Waals surface area contributed by atoms with Gasteiger partial charge in [-0.25, -0.2) is 0 Å². The number of methoxy groups -OCH3 is 1. The number of hydrogen-bond donors (Lipinski definition) is 0. The standard InChI is InChI=1S/C10H7Br2NO/c1-14-6-2-3-7-9(4-6)13-5-8(11)10(7)12/h2-5H,1H3. The molecule has 1 aromatic heterocycles. The average Bonchev–Trinajstić information content (AvgIpc) is 2.23. The van der Waals surface area contributed by atoms with Crippen molar-refractivity contribution in [2.24, 2.45) is 0 Å². The topological polar surface area (TPSA) is 22.1 Å². The minimum Gasteiger partial charge on any atom is -0.497 e. The third-order valence-electron chi connectivity index (χ3n) is 1.97. The van der Waals surface area contributed by atoms with Crippen molar-refractivity contribution in [3.63, 3.8) is 0 Å². The van der Waals surface area contributed by atoms with Crippen molar-refractivity contribution in [3.05, 3.63) is 33.3 Å². The lowest BCUT2D eigenvalue weighted by molar-refractivity contribution is 0.415. The molecule has 2 nitrogen and oxygen atoms in total. The molecule has 14 heavy (non-hydrogen) atoms. The number of benzene rings is 1. The van der Waals surface area contributed by atoms with Crippen LogP contribution in [-0.2, 0) is 0 Å². The highest BCUT2D eigenvalue weighted by Crippen LogP contribution is 2.31. The van der Waals surface area contributed by atoms with Gasteiger partial charge in [0.1, 0.15) is 5.75 Å². The number of ether oxygens (including phenoxy) is 1. The van der Waals surface area contributed by atoms with E-state index in [0.29, 0.717) is 0 Å². The minimum absolute atomic E-state index is 0.819. The molecule has 0 saturated carbocycles. The molecule has 4 heteroatoms. The van der Waals surface area contributed by atoms with Gasteiger partial charge in [-0.2, -0.15) is 0 Å². The molecule has 0 aliphatic heterocycles. The maximum Gasteiger partial charge on any atom is 0.121 e. The van der Waals surface area contributed by atoms with Crippen LogP contribution in [0, 0.1) is 0 Å². The molecule has 0 aliphatic carbocycles. The van der Waals surface area contributed by atoms with E-state index in [-0.39, 0.29) is 0 Å². The summed E-state index contributed by atoms with van der Waals surface area (Å²) in [5.74, 6) is 0.819. The monoisotopic (exact) mass is 315 g/mol. The van der Waals surface area contributed by atoms with Crippen LogP contribution in [-0.4, -0.2) is 12.1 Å². The maximum absolute atomic E-state index is 5.13. The summed E-state index contributed by atoms with van der Waals surface area (Å²) in [6.45, 7) is 0. The Morgan fingerprint density at radius 1 is 1.29 bits per heavy atom. The minimum atomic E-state index is 0.819. The first-order valence-corrected chi connectivity index (χ1v) is 5.58. The highest BCUT2D eigenvalue weighted by Gasteiger charge is 2.04. The fraction of sp³-hybridized carbons (Fsp3) is 0.100. The summed E-state index contributed by atoms with van der Waals surface area (Å²) in [5, 5.41) is 1.07. The number of nitrogens with zero attached hydrogens (tertiary/aromatic N) is 1. The second-order valence-corrected chi connectivity index (χ2v) is 4.45. The van der Waals surface area contributed by atoms with Gasteiger partial charge >= 0.3 is 0 Å². The molecular weight excluding hydrogens is 310 g/mol. The molecule has 1 aromatic carbocycles. The lowest BCUT2D eigenvalue weighted by Gasteiger charge is -2.04. The van der Waals surface area contributed by atoms with Crippen molar-refractivity contribution in [2.75, 3.05) is 7.11 Å². The maximum atomic E-state index is 5.13. The van der Waals surface area contributed by atoms with E-state index in [1.165, 1.54) is 0 Å². The largest absolute Gasteiger partial charge is 0.497 e. The molecule has 0 N–H and O–H groups in total. The van der Waals surface area contributed by atoms with Gasteiger partial charge in [-0.3, -0.25) is 4.98 Å². The van der Waals surface area contributed by atoms with E-state index >= 15 is 0 Å². The van der Waals surface area contributed by atoms with Gasteiger partial charge in [-0.05, 0) is 44.0 Å². The predicted octanol–water partition coefficient (Wildman–Crippen LogP) is 3.77. The Labute approximate surface area is 98.5 Å². The zero-order chi connectivity index (χ0) is 10.1. The molecule has 0 aliphatic rings. The van der Waals surface area contributed by atoms with Crippen LogP contribution in [0.1, 0.15) is 0 Å². The van der Waals surface area contributed by atoms with Crippen LogP contribution in [0.4, 0.5) is 0 Å². The molecule has 72 valence electrons. The Morgan fingerprint density at radius 2 is 2.07 bits per heavy atom. The number of fused-ring (bicyclic) bond motifs is 1. The fourth-order valence-electron chi connectivity index (χ4n) is 1.24. The SMILES string of the molecule is COc1ccc2c(Br)c(Br)cnc2c1. The van der Waals surface area contributed by atoms with Crippen LogP contribution in [0.15, 0.2) is 33.3 Å². The van der Waals surface area contributed by atoms with Crippen LogP contribution in [0.2, 0.25) is 0 Å². The zero-order valence-corrected chi connectivity index (χ0v) is 10.6. The second-order valence-electron chi connectivity index (χ2n) is 2.80. The van der Waals surface area contributed by atoms with Crippen molar-refractivity contribution >= 4 is 42.8 Å². The van der Waals surface area contributed by atoms with Crippen LogP contribution in [0.3, 0.4) is 0 Å². The first-order chi connectivity index (χ1) is 6.72. The van der Waals surface area contributed by atoms with Crippen LogP contribution in [0.25, 0.3) is 10.9 Å². The third-order valence-corrected chi connectivity index (χ3v) is 3.96. The molecule has 2 aromatic rings. The van der Waals surface area contributed by atoms with Crippen molar-refractivity contribution in [2.45, 2.75) is 0 Å². The first kappa shape index (κ1) is 9.93. The van der Waals surface area contributed by atoms with Crippen LogP contribution < -0.4 is 4.74 Å². The summed E-state index contributed by atoms with van der Waals surface area (Å²) in [7, 11) is 1.65. The van der Waals surface area contributed by atoms with Gasteiger partial charge in [0.2, 0.25) is 0 Å². The zero-order valence-electron chi connectivity index (χ0n) is 7.42. The average molecular weight is 317 g/mol. The van der Waals surface area contributed by atoms with E-state index in [2.05, 4.69) is 36.8 Å². The molecule has 0 bridgehead atoms. The summed E-state index contributed by atoms with van der Waals surface area (Å²) in [4.78, 5) is 4.29. The molecule has 0 atom stereocenters. The summed E-state index contributed by atoms with van der Waals surface area (Å²) in [6, 6.07) is 5.81. The Morgan fingerprint density at radius 3 is 2.79 bits per heavy atom. The Balaban J connectivity index is 2.74. The molecular formula is C10H7Br2NO. The Hall–Kier alpha value is -0.610. The highest BCUT2D eigenvalue weighted by atomic mass is 79.9. The lowest BCUT2D eigenvalue weighted by Crippen LogP contribution is -1.85. The number of pyridine rings is 1. The van der Waals surface area contributed by atoms with E-state index in [0.717, 1.165) is 25.6 Å². The van der Waals surface area contributed by atoms with E-state index in [1.54, 1.807) is 13.3 Å². The van der Waals surface area contributed by atoms with Gasteiger partial charge in [0.05, 0.1) is 17.1 Å². The normalized spacial score (nSPS) is 10.5. The van der Waals surface area contributed by atoms with Crippen LogP contribution in [0.5, 0.6) is 5.75 Å². The molecule has 0 unspecified atom stereocenters. The highest BCUT2D eigenvalue weighted by molar-refractivity contribution is 9.13. The number of halogens is 2. The first-order valence-electron chi connectivity index (χ1n) is 4.00. The summed E-state index contributed by atoms with van der Waals surface area (Å²) in [5.41, 5.74) is 0.916. The Kier molecular flexibility index (Phi) is 2.74. The van der Waals surface area contributed by atoms with Crippen molar-refractivity contribution in [3.8, 4) is 5.75 Å². The number of rotatable bonds is 1. The van der Waals surface area contributed by atoms with Gasteiger partial charge in [0.15, 0.2) is 0 Å². The molecule has 2 rings (SSSR count). The third kappa shape index (κ3) is 1.64. The van der Waals surface area contributed by atoms with E-state index in [1.807, 2.05) is 18.2 Å². The van der Waals surface area contributed by atoms with Gasteiger partial charge in [0.25, 0.3) is 0 Å². The molecule has 1 heterocycles. The van der Waals surface area contributed by atoms with E-state index in [4.69, 9.17) is 4.74 Å². The number of hydrogen-bond acceptors (Lipinski definition) is 2. The van der Waals surface area contributed by atoms with Gasteiger partial charge in [-0.1, -0.05) is 0 Å². The number of aromatic nitrogens is 1. The van der Waals surface area contributed by atoms with Gasteiger partial charge < -0.3 is 4.74 Å². The van der Waals surface area contributed by atoms with Crippen molar-refractivity contribution in [1.29, 1.82) is 0 Å². The summed E-state index contributed by atoms with van der Waals surface area (Å²) in [6.07, 6.45) is 1.77. The Bertz CT molecular complexity index is 485. The van der Waals surface area contributed by atoms with Gasteiger partial charge in [-0.15, -0.1) is 0 Å². The van der Waals surface area contributed by atoms with Crippen LogP contribution >= 0.6 is 31.9 Å². The molecule has 0 fully saturated rings. The fourth-order valence-corrected chi connectivity index (χ4v) is 2.00. The van der Waals surface area contributed by atoms with E-state index < -0.39 is 0 Å². The summed E-state index contributed by atoms with van der Waals surface area (Å²) < 4.78 is 7.10. The molecule has 0 saturated heterocycles. The predicted molar refractivity (Wildman–Crippen MR) is 63.7 cm³/mol. The van der Waals surface area contributed by atoms with Crippen molar-refractivity contribution in [1.82, 2.24) is 4.98 Å².